The monoisotopic (exact) mass is 301 g/mol. The maximum absolute atomic E-state index is 13.0. The van der Waals surface area contributed by atoms with Crippen LogP contribution in [0.1, 0.15) is 19.3 Å². The Kier molecular flexibility index (Phi) is 6.91. The standard InChI is InChI=1S/C14H20FN3O.ClH/c15-11-2-1-3-13(10-11)17-14(19)6-9-18-7-4-12(16)5-8-18;/h1-3,10,12H,4-9,16H2,(H,17,19);1H. The van der Waals surface area contributed by atoms with Gasteiger partial charge < -0.3 is 16.0 Å². The summed E-state index contributed by atoms with van der Waals surface area (Å²) in [5, 5.41) is 2.70. The lowest BCUT2D eigenvalue weighted by molar-refractivity contribution is -0.116. The zero-order chi connectivity index (χ0) is 13.7. The Morgan fingerprint density at radius 2 is 2.10 bits per heavy atom. The molecule has 4 nitrogen and oxygen atoms in total. The molecule has 3 N–H and O–H groups in total. The Labute approximate surface area is 124 Å². The highest BCUT2D eigenvalue weighted by Crippen LogP contribution is 2.11. The van der Waals surface area contributed by atoms with E-state index in [0.29, 0.717) is 18.2 Å². The van der Waals surface area contributed by atoms with E-state index in [9.17, 15) is 9.18 Å². The van der Waals surface area contributed by atoms with E-state index in [2.05, 4.69) is 10.2 Å². The molecule has 1 amide bonds. The van der Waals surface area contributed by atoms with Gasteiger partial charge in [0, 0.05) is 24.7 Å². The number of nitrogens with zero attached hydrogens (tertiary/aromatic N) is 1. The van der Waals surface area contributed by atoms with E-state index < -0.39 is 0 Å². The number of carbonyl (C=O) groups excluding carboxylic acids is 1. The van der Waals surface area contributed by atoms with Crippen LogP contribution in [-0.4, -0.2) is 36.5 Å². The second kappa shape index (κ2) is 8.19. The first kappa shape index (κ1) is 16.9. The molecule has 0 bridgehead atoms. The first-order valence-corrected chi connectivity index (χ1v) is 6.67. The molecular weight excluding hydrogens is 281 g/mol. The van der Waals surface area contributed by atoms with Gasteiger partial charge in [0.2, 0.25) is 5.91 Å². The van der Waals surface area contributed by atoms with Crippen LogP contribution in [0.2, 0.25) is 0 Å². The summed E-state index contributed by atoms with van der Waals surface area (Å²) in [4.78, 5) is 14.0. The van der Waals surface area contributed by atoms with E-state index in [1.165, 1.54) is 12.1 Å². The largest absolute Gasteiger partial charge is 0.328 e. The number of amides is 1. The summed E-state index contributed by atoms with van der Waals surface area (Å²) in [5.74, 6) is -0.428. The van der Waals surface area contributed by atoms with Gasteiger partial charge in [0.15, 0.2) is 0 Å². The summed E-state index contributed by atoms with van der Waals surface area (Å²) in [6, 6.07) is 6.24. The predicted octanol–water partition coefficient (Wildman–Crippen LogP) is 2.00. The first-order chi connectivity index (χ1) is 9.13. The summed E-state index contributed by atoms with van der Waals surface area (Å²) in [6.07, 6.45) is 2.41. The van der Waals surface area contributed by atoms with Crippen LogP contribution >= 0.6 is 12.4 Å². The van der Waals surface area contributed by atoms with Gasteiger partial charge in [-0.2, -0.15) is 0 Å². The fourth-order valence-electron chi connectivity index (χ4n) is 2.23. The van der Waals surface area contributed by atoms with Crippen LogP contribution < -0.4 is 11.1 Å². The van der Waals surface area contributed by atoms with Crippen molar-refractivity contribution in [3.63, 3.8) is 0 Å². The lowest BCUT2D eigenvalue weighted by Crippen LogP contribution is -2.40. The van der Waals surface area contributed by atoms with Crippen molar-refractivity contribution in [3.8, 4) is 0 Å². The minimum absolute atomic E-state index is 0. The van der Waals surface area contributed by atoms with Crippen LogP contribution in [-0.2, 0) is 4.79 Å². The molecule has 1 fully saturated rings. The van der Waals surface area contributed by atoms with E-state index in [-0.39, 0.29) is 24.1 Å². The number of piperidine rings is 1. The van der Waals surface area contributed by atoms with Gasteiger partial charge in [-0.25, -0.2) is 4.39 Å². The van der Waals surface area contributed by atoms with Gasteiger partial charge in [0.25, 0.3) is 0 Å². The van der Waals surface area contributed by atoms with Gasteiger partial charge in [-0.15, -0.1) is 12.4 Å². The van der Waals surface area contributed by atoms with Crippen molar-refractivity contribution < 1.29 is 9.18 Å². The summed E-state index contributed by atoms with van der Waals surface area (Å²) in [6.45, 7) is 2.64. The molecule has 0 unspecified atom stereocenters. The zero-order valence-electron chi connectivity index (χ0n) is 11.3. The molecule has 112 valence electrons. The molecule has 0 saturated carbocycles. The third kappa shape index (κ3) is 5.45. The third-order valence-electron chi connectivity index (χ3n) is 3.40. The highest BCUT2D eigenvalue weighted by molar-refractivity contribution is 5.90. The first-order valence-electron chi connectivity index (χ1n) is 6.67. The normalized spacial score (nSPS) is 16.5. The molecule has 1 aliphatic rings. The molecule has 1 heterocycles. The number of nitrogens with two attached hydrogens (primary N) is 1. The van der Waals surface area contributed by atoms with Gasteiger partial charge in [0.05, 0.1) is 0 Å². The van der Waals surface area contributed by atoms with Crippen molar-refractivity contribution in [2.75, 3.05) is 25.0 Å². The van der Waals surface area contributed by atoms with E-state index in [1.807, 2.05) is 0 Å². The molecule has 0 aromatic heterocycles. The fourth-order valence-corrected chi connectivity index (χ4v) is 2.23. The number of carbonyl (C=O) groups is 1. The number of rotatable bonds is 4. The molecule has 1 aromatic carbocycles. The average Bonchev–Trinajstić information content (AvgIpc) is 2.38. The van der Waals surface area contributed by atoms with Gasteiger partial charge in [-0.05, 0) is 44.1 Å². The molecular formula is C14H21ClFN3O. The number of nitrogens with one attached hydrogen (secondary N) is 1. The van der Waals surface area contributed by atoms with Crippen molar-refractivity contribution in [1.29, 1.82) is 0 Å². The molecule has 0 aliphatic carbocycles. The van der Waals surface area contributed by atoms with Crippen LogP contribution in [0.3, 0.4) is 0 Å². The Balaban J connectivity index is 0.00000200. The SMILES string of the molecule is Cl.NC1CCN(CCC(=O)Nc2cccc(F)c2)CC1. The minimum atomic E-state index is -0.345. The molecule has 2 rings (SSSR count). The van der Waals surface area contributed by atoms with Crippen molar-refractivity contribution in [3.05, 3.63) is 30.1 Å². The van der Waals surface area contributed by atoms with Crippen molar-refractivity contribution in [2.45, 2.75) is 25.3 Å². The zero-order valence-corrected chi connectivity index (χ0v) is 12.2. The maximum Gasteiger partial charge on any atom is 0.225 e. The number of halogens is 2. The lowest BCUT2D eigenvalue weighted by atomic mass is 10.1. The number of hydrogen-bond donors (Lipinski definition) is 2. The van der Waals surface area contributed by atoms with Gasteiger partial charge >= 0.3 is 0 Å². The van der Waals surface area contributed by atoms with Gasteiger partial charge in [-0.3, -0.25) is 4.79 Å². The number of hydrogen-bond acceptors (Lipinski definition) is 3. The van der Waals surface area contributed by atoms with Gasteiger partial charge in [0.1, 0.15) is 5.82 Å². The summed E-state index contributed by atoms with van der Waals surface area (Å²) in [7, 11) is 0. The molecule has 0 spiro atoms. The maximum atomic E-state index is 13.0. The topological polar surface area (TPSA) is 58.4 Å². The molecule has 0 atom stereocenters. The highest BCUT2D eigenvalue weighted by atomic mass is 35.5. The highest BCUT2D eigenvalue weighted by Gasteiger charge is 2.16. The van der Waals surface area contributed by atoms with Crippen LogP contribution in [0.15, 0.2) is 24.3 Å². The second-order valence-electron chi connectivity index (χ2n) is 4.99. The minimum Gasteiger partial charge on any atom is -0.328 e. The summed E-state index contributed by atoms with van der Waals surface area (Å²) < 4.78 is 13.0. The van der Waals surface area contributed by atoms with Crippen LogP contribution in [0.4, 0.5) is 10.1 Å². The van der Waals surface area contributed by atoms with Gasteiger partial charge in [-0.1, -0.05) is 6.07 Å². The quantitative estimate of drug-likeness (QED) is 0.894. The molecule has 20 heavy (non-hydrogen) atoms. The number of likely N-dealkylation sites (tertiary alicyclic amines) is 1. The summed E-state index contributed by atoms with van der Waals surface area (Å²) in [5.41, 5.74) is 6.33. The van der Waals surface area contributed by atoms with Crippen molar-refractivity contribution in [2.24, 2.45) is 5.73 Å². The number of anilines is 1. The molecule has 6 heteroatoms. The summed E-state index contributed by atoms with van der Waals surface area (Å²) >= 11 is 0. The predicted molar refractivity (Wildman–Crippen MR) is 80.5 cm³/mol. The van der Waals surface area contributed by atoms with E-state index >= 15 is 0 Å². The molecule has 0 radical (unpaired) electrons. The van der Waals surface area contributed by atoms with Crippen molar-refractivity contribution in [1.82, 2.24) is 4.90 Å². The fraction of sp³-hybridized carbons (Fsp3) is 0.500. The lowest BCUT2D eigenvalue weighted by Gasteiger charge is -2.29. The van der Waals surface area contributed by atoms with Crippen LogP contribution in [0.25, 0.3) is 0 Å². The molecule has 1 aliphatic heterocycles. The second-order valence-corrected chi connectivity index (χ2v) is 4.99. The van der Waals surface area contributed by atoms with E-state index in [1.54, 1.807) is 12.1 Å². The average molecular weight is 302 g/mol. The van der Waals surface area contributed by atoms with E-state index in [4.69, 9.17) is 5.73 Å². The van der Waals surface area contributed by atoms with Crippen molar-refractivity contribution >= 4 is 24.0 Å². The smallest absolute Gasteiger partial charge is 0.225 e. The number of benzene rings is 1. The van der Waals surface area contributed by atoms with Crippen LogP contribution in [0, 0.1) is 5.82 Å². The van der Waals surface area contributed by atoms with Crippen LogP contribution in [0.5, 0.6) is 0 Å². The molecule has 1 saturated heterocycles. The third-order valence-corrected chi connectivity index (χ3v) is 3.40. The Hall–Kier alpha value is -1.17. The Morgan fingerprint density at radius 1 is 1.40 bits per heavy atom. The molecule has 1 aromatic rings. The van der Waals surface area contributed by atoms with E-state index in [0.717, 1.165) is 32.5 Å². The Bertz CT molecular complexity index is 436. The Morgan fingerprint density at radius 3 is 2.75 bits per heavy atom.